The van der Waals surface area contributed by atoms with Gasteiger partial charge in [-0.1, -0.05) is 6.07 Å². The van der Waals surface area contributed by atoms with Crippen molar-refractivity contribution in [3.05, 3.63) is 64.7 Å². The Labute approximate surface area is 189 Å². The van der Waals surface area contributed by atoms with Gasteiger partial charge in [-0.15, -0.1) is 0 Å². The number of carbonyl (C=O) groups excluding carboxylic acids is 2. The van der Waals surface area contributed by atoms with Gasteiger partial charge in [0.1, 0.15) is 6.73 Å². The molecule has 32 heavy (non-hydrogen) atoms. The second kappa shape index (κ2) is 10.3. The summed E-state index contributed by atoms with van der Waals surface area (Å²) in [5, 5.41) is 11.3. The van der Waals surface area contributed by atoms with Crippen LogP contribution < -0.4 is 10.2 Å². The third kappa shape index (κ3) is 5.18. The highest BCUT2D eigenvalue weighted by Gasteiger charge is 2.24. The fraction of sp³-hybridized carbons (Fsp3) is 0.440. The van der Waals surface area contributed by atoms with Crippen LogP contribution in [0, 0.1) is 0 Å². The molecule has 1 saturated heterocycles. The number of ketones is 1. The number of hydrogen-bond donors (Lipinski definition) is 2. The molecule has 1 amide bonds. The Kier molecular flexibility index (Phi) is 7.19. The van der Waals surface area contributed by atoms with Crippen LogP contribution in [-0.2, 0) is 11.2 Å². The standard InChI is InChI=1S/C25H31N3O4/c1-18(30)19-2-5-22(6-3-19)28-13-11-27(12-14-28)10-8-24-23-7-4-21(25(31)26-17-29)16-20(23)9-15-32-24/h2-7,16,24,29H,8-15,17H2,1H3,(H,26,31). The van der Waals surface area contributed by atoms with Gasteiger partial charge < -0.3 is 20.1 Å². The van der Waals surface area contributed by atoms with Gasteiger partial charge in [0.25, 0.3) is 5.91 Å². The lowest BCUT2D eigenvalue weighted by Crippen LogP contribution is -2.47. The predicted octanol–water partition coefficient (Wildman–Crippen LogP) is 2.39. The third-order valence-electron chi connectivity index (χ3n) is 6.40. The van der Waals surface area contributed by atoms with E-state index in [0.717, 1.165) is 56.7 Å². The summed E-state index contributed by atoms with van der Waals surface area (Å²) >= 11 is 0. The lowest BCUT2D eigenvalue weighted by atomic mass is 9.93. The van der Waals surface area contributed by atoms with Crippen LogP contribution in [0.5, 0.6) is 0 Å². The Balaban J connectivity index is 1.30. The van der Waals surface area contributed by atoms with Crippen LogP contribution in [0.4, 0.5) is 5.69 Å². The number of carbonyl (C=O) groups is 2. The summed E-state index contributed by atoms with van der Waals surface area (Å²) in [7, 11) is 0. The molecule has 2 N–H and O–H groups in total. The molecule has 7 nitrogen and oxygen atoms in total. The number of anilines is 1. The van der Waals surface area contributed by atoms with Crippen molar-refractivity contribution in [1.82, 2.24) is 10.2 Å². The molecule has 0 bridgehead atoms. The summed E-state index contributed by atoms with van der Waals surface area (Å²) < 4.78 is 6.06. The zero-order valence-corrected chi connectivity index (χ0v) is 18.5. The van der Waals surface area contributed by atoms with Crippen LogP contribution in [0.25, 0.3) is 0 Å². The van der Waals surface area contributed by atoms with E-state index in [2.05, 4.69) is 15.1 Å². The Hall–Kier alpha value is -2.74. The molecule has 4 rings (SSSR count). The van der Waals surface area contributed by atoms with E-state index in [-0.39, 0.29) is 24.5 Å². The molecule has 2 aliphatic rings. The van der Waals surface area contributed by atoms with E-state index in [9.17, 15) is 9.59 Å². The number of benzene rings is 2. The van der Waals surface area contributed by atoms with Crippen LogP contribution in [0.2, 0.25) is 0 Å². The van der Waals surface area contributed by atoms with Gasteiger partial charge in [-0.25, -0.2) is 0 Å². The monoisotopic (exact) mass is 437 g/mol. The molecule has 2 heterocycles. The minimum absolute atomic E-state index is 0.0471. The number of aliphatic hydroxyl groups excluding tert-OH is 1. The van der Waals surface area contributed by atoms with Gasteiger partial charge in [0.2, 0.25) is 0 Å². The van der Waals surface area contributed by atoms with Crippen molar-refractivity contribution in [2.75, 3.05) is 51.0 Å². The molecule has 2 aromatic rings. The molecule has 0 saturated carbocycles. The van der Waals surface area contributed by atoms with Crippen molar-refractivity contribution < 1.29 is 19.4 Å². The molecule has 7 heteroatoms. The maximum Gasteiger partial charge on any atom is 0.253 e. The van der Waals surface area contributed by atoms with E-state index < -0.39 is 0 Å². The molecular formula is C25H31N3O4. The Morgan fingerprint density at radius 2 is 1.78 bits per heavy atom. The fourth-order valence-corrected chi connectivity index (χ4v) is 4.53. The van der Waals surface area contributed by atoms with E-state index in [0.29, 0.717) is 12.2 Å². The van der Waals surface area contributed by atoms with Crippen molar-refractivity contribution in [2.24, 2.45) is 0 Å². The maximum absolute atomic E-state index is 12.0. The number of piperazine rings is 1. The Morgan fingerprint density at radius 3 is 2.47 bits per heavy atom. The summed E-state index contributed by atoms with van der Waals surface area (Å²) in [5.41, 5.74) is 4.82. The van der Waals surface area contributed by atoms with Gasteiger partial charge in [-0.05, 0) is 67.3 Å². The first-order chi connectivity index (χ1) is 15.5. The maximum atomic E-state index is 12.0. The van der Waals surface area contributed by atoms with Gasteiger partial charge in [0.15, 0.2) is 5.78 Å². The highest BCUT2D eigenvalue weighted by Crippen LogP contribution is 2.31. The molecule has 0 spiro atoms. The topological polar surface area (TPSA) is 82.1 Å². The zero-order valence-electron chi connectivity index (χ0n) is 18.5. The largest absolute Gasteiger partial charge is 0.376 e. The average molecular weight is 438 g/mol. The predicted molar refractivity (Wildman–Crippen MR) is 123 cm³/mol. The van der Waals surface area contributed by atoms with Gasteiger partial charge in [-0.2, -0.15) is 0 Å². The summed E-state index contributed by atoms with van der Waals surface area (Å²) in [6.45, 7) is 6.77. The first-order valence-electron chi connectivity index (χ1n) is 11.3. The zero-order chi connectivity index (χ0) is 22.5. The lowest BCUT2D eigenvalue weighted by molar-refractivity contribution is 0.0288. The number of ether oxygens (including phenoxy) is 1. The lowest BCUT2D eigenvalue weighted by Gasteiger charge is -2.37. The number of hydrogen-bond acceptors (Lipinski definition) is 6. The van der Waals surface area contributed by atoms with E-state index in [4.69, 9.17) is 9.84 Å². The molecular weight excluding hydrogens is 406 g/mol. The van der Waals surface area contributed by atoms with Crippen LogP contribution in [-0.4, -0.2) is 67.8 Å². The van der Waals surface area contributed by atoms with Crippen molar-refractivity contribution in [3.8, 4) is 0 Å². The van der Waals surface area contributed by atoms with Gasteiger partial charge in [-0.3, -0.25) is 14.5 Å². The molecule has 2 aliphatic heterocycles. The number of nitrogens with zero attached hydrogens (tertiary/aromatic N) is 2. The number of aliphatic hydroxyl groups is 1. The number of amides is 1. The molecule has 0 aromatic heterocycles. The smallest absolute Gasteiger partial charge is 0.253 e. The number of rotatable bonds is 7. The minimum Gasteiger partial charge on any atom is -0.376 e. The van der Waals surface area contributed by atoms with Gasteiger partial charge >= 0.3 is 0 Å². The van der Waals surface area contributed by atoms with Gasteiger partial charge in [0.05, 0.1) is 12.7 Å². The Morgan fingerprint density at radius 1 is 1.06 bits per heavy atom. The second-order valence-corrected chi connectivity index (χ2v) is 8.41. The SMILES string of the molecule is CC(=O)c1ccc(N2CCN(CCC3OCCc4cc(C(=O)NCO)ccc43)CC2)cc1. The molecule has 1 fully saturated rings. The summed E-state index contributed by atoms with van der Waals surface area (Å²) in [6, 6.07) is 13.6. The minimum atomic E-state index is -0.362. The summed E-state index contributed by atoms with van der Waals surface area (Å²) in [5.74, 6) is -0.162. The molecule has 1 atom stereocenters. The van der Waals surface area contributed by atoms with Gasteiger partial charge in [0, 0.05) is 49.5 Å². The number of nitrogens with one attached hydrogen (secondary N) is 1. The van der Waals surface area contributed by atoms with Crippen LogP contribution in [0.1, 0.15) is 51.3 Å². The fourth-order valence-electron chi connectivity index (χ4n) is 4.53. The van der Waals surface area contributed by atoms with Crippen LogP contribution in [0.3, 0.4) is 0 Å². The Bertz CT molecular complexity index is 952. The average Bonchev–Trinajstić information content (AvgIpc) is 2.83. The highest BCUT2D eigenvalue weighted by atomic mass is 16.5. The third-order valence-corrected chi connectivity index (χ3v) is 6.40. The van der Waals surface area contributed by atoms with E-state index in [1.165, 1.54) is 11.3 Å². The van der Waals surface area contributed by atoms with Crippen LogP contribution >= 0.6 is 0 Å². The molecule has 0 radical (unpaired) electrons. The molecule has 2 aromatic carbocycles. The van der Waals surface area contributed by atoms with Crippen molar-refractivity contribution in [2.45, 2.75) is 25.9 Å². The van der Waals surface area contributed by atoms with Crippen molar-refractivity contribution >= 4 is 17.4 Å². The first-order valence-corrected chi connectivity index (χ1v) is 11.3. The van der Waals surface area contributed by atoms with Crippen LogP contribution in [0.15, 0.2) is 42.5 Å². The second-order valence-electron chi connectivity index (χ2n) is 8.41. The highest BCUT2D eigenvalue weighted by molar-refractivity contribution is 5.94. The molecule has 170 valence electrons. The van der Waals surface area contributed by atoms with Crippen molar-refractivity contribution in [3.63, 3.8) is 0 Å². The first kappa shape index (κ1) is 22.5. The number of Topliss-reactive ketones (excluding diaryl/α,β-unsaturated/α-hetero) is 1. The molecule has 0 aliphatic carbocycles. The number of fused-ring (bicyclic) bond motifs is 1. The molecule has 1 unspecified atom stereocenters. The normalized spacial score (nSPS) is 18.8. The summed E-state index contributed by atoms with van der Waals surface area (Å²) in [6.07, 6.45) is 1.77. The summed E-state index contributed by atoms with van der Waals surface area (Å²) in [4.78, 5) is 28.3. The van der Waals surface area contributed by atoms with Crippen molar-refractivity contribution in [1.29, 1.82) is 0 Å². The van der Waals surface area contributed by atoms with E-state index >= 15 is 0 Å². The van der Waals surface area contributed by atoms with E-state index in [1.54, 1.807) is 6.92 Å². The quantitative estimate of drug-likeness (QED) is 0.511. The van der Waals surface area contributed by atoms with E-state index in [1.807, 2.05) is 42.5 Å².